The summed E-state index contributed by atoms with van der Waals surface area (Å²) in [5.41, 5.74) is 7.76. The van der Waals surface area contributed by atoms with Gasteiger partial charge in [0, 0.05) is 10.9 Å². The number of pyridine rings is 1. The topological polar surface area (TPSA) is 22.1 Å². The number of fused-ring (bicyclic) bond motifs is 3. The van der Waals surface area contributed by atoms with Gasteiger partial charge in [-0.2, -0.15) is 0 Å². The van der Waals surface area contributed by atoms with Gasteiger partial charge in [0.05, 0.1) is 17.8 Å². The van der Waals surface area contributed by atoms with Crippen LogP contribution < -0.4 is 4.74 Å². The maximum atomic E-state index is 5.63. The van der Waals surface area contributed by atoms with E-state index in [1.165, 1.54) is 27.3 Å². The molecule has 2 nitrogen and oxygen atoms in total. The monoisotopic (exact) mass is 477 g/mol. The first-order valence-corrected chi connectivity index (χ1v) is 12.7. The lowest BCUT2D eigenvalue weighted by Gasteiger charge is -2.11. The first kappa shape index (κ1) is 22.8. The number of aromatic nitrogens is 1. The molecule has 0 fully saturated rings. The molecule has 1 heterocycles. The highest BCUT2D eigenvalue weighted by Crippen LogP contribution is 2.32. The summed E-state index contributed by atoms with van der Waals surface area (Å²) in [5.74, 6) is 0.872. The third-order valence-corrected chi connectivity index (χ3v) is 6.66. The summed E-state index contributed by atoms with van der Waals surface area (Å²) in [6.45, 7) is 2.65. The van der Waals surface area contributed by atoms with Crippen molar-refractivity contribution in [3.8, 4) is 28.1 Å². The van der Waals surface area contributed by atoms with Gasteiger partial charge >= 0.3 is 0 Å². The molecule has 37 heavy (non-hydrogen) atoms. The molecule has 0 amide bonds. The van der Waals surface area contributed by atoms with Crippen LogP contribution in [0, 0.1) is 0 Å². The third-order valence-electron chi connectivity index (χ3n) is 6.66. The van der Waals surface area contributed by atoms with Crippen LogP contribution in [-0.2, 0) is 0 Å². The van der Waals surface area contributed by atoms with E-state index in [2.05, 4.69) is 115 Å². The van der Waals surface area contributed by atoms with Gasteiger partial charge < -0.3 is 4.74 Å². The molecule has 6 aromatic rings. The lowest BCUT2D eigenvalue weighted by Crippen LogP contribution is -1.92. The predicted molar refractivity (Wildman–Crippen MR) is 157 cm³/mol. The fourth-order valence-electron chi connectivity index (χ4n) is 4.81. The Morgan fingerprint density at radius 2 is 1.35 bits per heavy atom. The van der Waals surface area contributed by atoms with Crippen LogP contribution in [0.5, 0.6) is 5.75 Å². The van der Waals surface area contributed by atoms with Crippen LogP contribution in [0.4, 0.5) is 0 Å². The Labute approximate surface area is 217 Å². The predicted octanol–water partition coefficient (Wildman–Crippen LogP) is 9.29. The molecule has 0 saturated carbocycles. The van der Waals surface area contributed by atoms with Gasteiger partial charge in [0.2, 0.25) is 0 Å². The normalized spacial score (nSPS) is 11.4. The fourth-order valence-corrected chi connectivity index (χ4v) is 4.81. The van der Waals surface area contributed by atoms with Crippen molar-refractivity contribution in [2.75, 3.05) is 6.61 Å². The second-order valence-electron chi connectivity index (χ2n) is 9.06. The van der Waals surface area contributed by atoms with Gasteiger partial charge in [-0.1, -0.05) is 97.1 Å². The average Bonchev–Trinajstić information content (AvgIpc) is 2.97. The summed E-state index contributed by atoms with van der Waals surface area (Å²) in [7, 11) is 0. The summed E-state index contributed by atoms with van der Waals surface area (Å²) in [5, 5.41) is 3.60. The van der Waals surface area contributed by atoms with Crippen molar-refractivity contribution in [2.24, 2.45) is 0 Å². The van der Waals surface area contributed by atoms with Gasteiger partial charge in [-0.3, -0.25) is 0 Å². The molecule has 1 aromatic heterocycles. The number of ether oxygens (including phenoxy) is 1. The lowest BCUT2D eigenvalue weighted by molar-refractivity contribution is 0.340. The Kier molecular flexibility index (Phi) is 6.22. The Balaban J connectivity index is 1.44. The molecule has 0 unspecified atom stereocenters. The van der Waals surface area contributed by atoms with Gasteiger partial charge in [-0.05, 0) is 76.3 Å². The van der Waals surface area contributed by atoms with Crippen molar-refractivity contribution in [1.29, 1.82) is 0 Å². The fraction of sp³-hybridized carbons (Fsp3) is 0.0571. The van der Waals surface area contributed by atoms with E-state index >= 15 is 0 Å². The number of nitrogens with zero attached hydrogens (tertiary/aromatic N) is 1. The smallest absolute Gasteiger partial charge is 0.119 e. The summed E-state index contributed by atoms with van der Waals surface area (Å²) >= 11 is 0. The molecule has 0 atom stereocenters. The minimum absolute atomic E-state index is 0.655. The van der Waals surface area contributed by atoms with E-state index in [1.54, 1.807) is 0 Å². The number of benzene rings is 5. The molecule has 0 N–H and O–H groups in total. The second-order valence-corrected chi connectivity index (χ2v) is 9.06. The van der Waals surface area contributed by atoms with Crippen LogP contribution in [0.15, 0.2) is 121 Å². The van der Waals surface area contributed by atoms with E-state index in [0.717, 1.165) is 33.7 Å². The number of rotatable bonds is 6. The molecule has 0 aliphatic rings. The minimum Gasteiger partial charge on any atom is -0.494 e. The van der Waals surface area contributed by atoms with Crippen molar-refractivity contribution >= 4 is 33.8 Å². The third kappa shape index (κ3) is 4.74. The molecule has 0 saturated heterocycles. The summed E-state index contributed by atoms with van der Waals surface area (Å²) in [6.07, 6.45) is 4.40. The lowest BCUT2D eigenvalue weighted by atomic mass is 9.97. The van der Waals surface area contributed by atoms with Crippen LogP contribution >= 0.6 is 0 Å². The Bertz CT molecular complexity index is 1700. The second kappa shape index (κ2) is 10.1. The molecule has 0 aliphatic carbocycles. The molecule has 0 aliphatic heterocycles. The van der Waals surface area contributed by atoms with Gasteiger partial charge in [0.1, 0.15) is 5.75 Å². The molecule has 0 radical (unpaired) electrons. The largest absolute Gasteiger partial charge is 0.494 e. The van der Waals surface area contributed by atoms with Crippen LogP contribution in [0.1, 0.15) is 18.1 Å². The van der Waals surface area contributed by atoms with Crippen LogP contribution in [0.3, 0.4) is 0 Å². The van der Waals surface area contributed by atoms with Crippen molar-refractivity contribution in [3.63, 3.8) is 0 Å². The van der Waals surface area contributed by atoms with Crippen molar-refractivity contribution < 1.29 is 4.74 Å². The average molecular weight is 478 g/mol. The molecule has 2 heteroatoms. The van der Waals surface area contributed by atoms with Gasteiger partial charge in [0.15, 0.2) is 0 Å². The highest BCUT2D eigenvalue weighted by atomic mass is 16.5. The molecule has 5 aromatic carbocycles. The zero-order valence-electron chi connectivity index (χ0n) is 20.8. The molecule has 0 spiro atoms. The van der Waals surface area contributed by atoms with Crippen LogP contribution in [0.25, 0.3) is 56.2 Å². The maximum Gasteiger partial charge on any atom is 0.119 e. The first-order chi connectivity index (χ1) is 18.3. The summed E-state index contributed by atoms with van der Waals surface area (Å²) < 4.78 is 5.63. The summed E-state index contributed by atoms with van der Waals surface area (Å²) in [6, 6.07) is 42.4. The minimum atomic E-state index is 0.655. The first-order valence-electron chi connectivity index (χ1n) is 12.7. The van der Waals surface area contributed by atoms with E-state index in [9.17, 15) is 0 Å². The van der Waals surface area contributed by atoms with Crippen molar-refractivity contribution in [2.45, 2.75) is 6.92 Å². The highest BCUT2D eigenvalue weighted by Gasteiger charge is 2.10. The number of hydrogen-bond acceptors (Lipinski definition) is 2. The Morgan fingerprint density at radius 3 is 2.14 bits per heavy atom. The van der Waals surface area contributed by atoms with Gasteiger partial charge in [-0.15, -0.1) is 0 Å². The van der Waals surface area contributed by atoms with Gasteiger partial charge in [-0.25, -0.2) is 4.98 Å². The molecule has 6 rings (SSSR count). The van der Waals surface area contributed by atoms with E-state index in [0.29, 0.717) is 6.61 Å². The maximum absolute atomic E-state index is 5.63. The van der Waals surface area contributed by atoms with E-state index in [1.807, 2.05) is 25.1 Å². The number of hydrogen-bond donors (Lipinski definition) is 0. The van der Waals surface area contributed by atoms with E-state index in [4.69, 9.17) is 9.72 Å². The zero-order valence-corrected chi connectivity index (χ0v) is 20.8. The van der Waals surface area contributed by atoms with Crippen LogP contribution in [-0.4, -0.2) is 11.6 Å². The van der Waals surface area contributed by atoms with Gasteiger partial charge in [0.25, 0.3) is 0 Å². The van der Waals surface area contributed by atoms with Crippen molar-refractivity contribution in [3.05, 3.63) is 132 Å². The van der Waals surface area contributed by atoms with Crippen molar-refractivity contribution in [1.82, 2.24) is 4.98 Å². The summed E-state index contributed by atoms with van der Waals surface area (Å²) in [4.78, 5) is 5.06. The standard InChI is InChI=1S/C35H27NO/c1-2-37-31-21-18-29(19-22-31)34-24-30(35-32-11-7-6-10-28(32)20-23-33(35)36-34)17-14-25-12-15-27(16-13-25)26-8-4-3-5-9-26/h3-24H,2H2,1H3/b17-14+. The SMILES string of the molecule is CCOc1ccc(-c2cc(/C=C/c3ccc(-c4ccccc4)cc3)c3c(ccc4ccccc43)n2)cc1. The highest BCUT2D eigenvalue weighted by molar-refractivity contribution is 6.11. The van der Waals surface area contributed by atoms with E-state index in [-0.39, 0.29) is 0 Å². The quantitative estimate of drug-likeness (QED) is 0.223. The molecular formula is C35H27NO. The molecule has 0 bridgehead atoms. The molecular weight excluding hydrogens is 450 g/mol. The zero-order chi connectivity index (χ0) is 25.0. The molecule has 178 valence electrons. The Hall–Kier alpha value is -4.69. The Morgan fingerprint density at radius 1 is 0.649 bits per heavy atom. The van der Waals surface area contributed by atoms with Crippen LogP contribution in [0.2, 0.25) is 0 Å². The van der Waals surface area contributed by atoms with E-state index < -0.39 is 0 Å².